The van der Waals surface area contributed by atoms with Crippen molar-refractivity contribution in [3.63, 3.8) is 0 Å². The Morgan fingerprint density at radius 1 is 1.67 bits per heavy atom. The Morgan fingerprint density at radius 3 is 2.75 bits per heavy atom. The van der Waals surface area contributed by atoms with Crippen LogP contribution in [0.2, 0.25) is 0 Å². The van der Waals surface area contributed by atoms with Crippen LogP contribution in [0.25, 0.3) is 0 Å². The largest absolute Gasteiger partial charge is 0.480 e. The van der Waals surface area contributed by atoms with Crippen molar-refractivity contribution in [1.29, 1.82) is 0 Å². The van der Waals surface area contributed by atoms with Crippen LogP contribution in [0.3, 0.4) is 0 Å². The van der Waals surface area contributed by atoms with Crippen molar-refractivity contribution in [3.05, 3.63) is 0 Å². The van der Waals surface area contributed by atoms with Crippen molar-refractivity contribution in [1.82, 2.24) is 5.01 Å². The maximum Gasteiger partial charge on any atom is 0.252 e. The van der Waals surface area contributed by atoms with E-state index in [-0.39, 0.29) is 11.9 Å². The molecule has 0 N–H and O–H groups in total. The number of ether oxygens (including phenoxy) is 1. The molecule has 1 heterocycles. The van der Waals surface area contributed by atoms with E-state index in [4.69, 9.17) is 4.74 Å². The molecule has 12 heavy (non-hydrogen) atoms. The van der Waals surface area contributed by atoms with Gasteiger partial charge in [0.05, 0.1) is 12.6 Å². The van der Waals surface area contributed by atoms with E-state index in [9.17, 15) is 4.79 Å². The lowest BCUT2D eigenvalue weighted by Crippen LogP contribution is -2.27. The first-order valence-electron chi connectivity index (χ1n) is 4.17. The van der Waals surface area contributed by atoms with Crippen LogP contribution >= 0.6 is 0 Å². The normalized spacial score (nSPS) is 17.2. The van der Waals surface area contributed by atoms with Gasteiger partial charge in [-0.3, -0.25) is 4.79 Å². The van der Waals surface area contributed by atoms with Crippen LogP contribution in [0.15, 0.2) is 5.10 Å². The van der Waals surface area contributed by atoms with Gasteiger partial charge < -0.3 is 4.74 Å². The molecule has 1 aliphatic rings. The zero-order chi connectivity index (χ0) is 9.14. The second kappa shape index (κ2) is 3.56. The van der Waals surface area contributed by atoms with Gasteiger partial charge in [0.2, 0.25) is 5.90 Å². The van der Waals surface area contributed by atoms with Crippen molar-refractivity contribution in [2.45, 2.75) is 33.2 Å². The summed E-state index contributed by atoms with van der Waals surface area (Å²) in [6.07, 6.45) is 0.312. The highest BCUT2D eigenvalue weighted by Gasteiger charge is 2.26. The van der Waals surface area contributed by atoms with Gasteiger partial charge in [0.25, 0.3) is 5.91 Å². The Bertz CT molecular complexity index is 211. The van der Waals surface area contributed by atoms with Crippen molar-refractivity contribution >= 4 is 11.8 Å². The minimum absolute atomic E-state index is 0.0217. The fourth-order valence-electron chi connectivity index (χ4n) is 1.07. The lowest BCUT2D eigenvalue weighted by molar-refractivity contribution is -0.130. The SMILES string of the molecule is CCOC1=NN(C(C)C)C(=O)C1. The van der Waals surface area contributed by atoms with E-state index >= 15 is 0 Å². The summed E-state index contributed by atoms with van der Waals surface area (Å²) in [6.45, 7) is 6.30. The van der Waals surface area contributed by atoms with E-state index < -0.39 is 0 Å². The van der Waals surface area contributed by atoms with Gasteiger partial charge in [-0.25, -0.2) is 5.01 Å². The molecular formula is C8H14N2O2. The summed E-state index contributed by atoms with van der Waals surface area (Å²) in [5, 5.41) is 5.50. The van der Waals surface area contributed by atoms with Gasteiger partial charge in [0.1, 0.15) is 6.42 Å². The number of nitrogens with zero attached hydrogens (tertiary/aromatic N) is 2. The number of carbonyl (C=O) groups excluding carboxylic acids is 1. The second-order valence-corrected chi connectivity index (χ2v) is 2.94. The lowest BCUT2D eigenvalue weighted by atomic mass is 10.3. The van der Waals surface area contributed by atoms with E-state index in [0.717, 1.165) is 0 Å². The summed E-state index contributed by atoms with van der Waals surface area (Å²) in [7, 11) is 0. The Balaban J connectivity index is 2.60. The number of amides is 1. The molecule has 0 aromatic carbocycles. The fraction of sp³-hybridized carbons (Fsp3) is 0.750. The van der Waals surface area contributed by atoms with Crippen LogP contribution in [0, 0.1) is 0 Å². The highest BCUT2D eigenvalue weighted by Crippen LogP contribution is 2.12. The smallest absolute Gasteiger partial charge is 0.252 e. The molecule has 1 rings (SSSR count). The molecule has 0 saturated heterocycles. The average Bonchev–Trinajstić information content (AvgIpc) is 2.32. The monoisotopic (exact) mass is 170 g/mol. The van der Waals surface area contributed by atoms with Crippen molar-refractivity contribution < 1.29 is 9.53 Å². The van der Waals surface area contributed by atoms with Crippen LogP contribution in [0.4, 0.5) is 0 Å². The summed E-state index contributed by atoms with van der Waals surface area (Å²) in [5.41, 5.74) is 0. The quantitative estimate of drug-likeness (QED) is 0.619. The minimum atomic E-state index is 0.0217. The summed E-state index contributed by atoms with van der Waals surface area (Å²) in [4.78, 5) is 11.2. The standard InChI is InChI=1S/C8H14N2O2/c1-4-12-7-5-8(11)10(9-7)6(2)3/h6H,4-5H2,1-3H3. The minimum Gasteiger partial charge on any atom is -0.480 e. The molecule has 0 aromatic rings. The molecule has 4 nitrogen and oxygen atoms in total. The van der Waals surface area contributed by atoms with E-state index in [2.05, 4.69) is 5.10 Å². The van der Waals surface area contributed by atoms with E-state index in [1.165, 1.54) is 5.01 Å². The van der Waals surface area contributed by atoms with Gasteiger partial charge >= 0.3 is 0 Å². The molecular weight excluding hydrogens is 156 g/mol. The molecule has 1 aliphatic heterocycles. The van der Waals surface area contributed by atoms with Gasteiger partial charge in [-0.2, -0.15) is 0 Å². The van der Waals surface area contributed by atoms with Gasteiger partial charge in [-0.15, -0.1) is 5.10 Å². The third-order valence-electron chi connectivity index (χ3n) is 1.58. The summed E-state index contributed by atoms with van der Waals surface area (Å²) >= 11 is 0. The molecule has 1 amide bonds. The highest BCUT2D eigenvalue weighted by molar-refractivity contribution is 6.01. The third kappa shape index (κ3) is 1.75. The van der Waals surface area contributed by atoms with Crippen LogP contribution in [0.5, 0.6) is 0 Å². The highest BCUT2D eigenvalue weighted by atomic mass is 16.5. The number of carbonyl (C=O) groups is 1. The van der Waals surface area contributed by atoms with Gasteiger partial charge in [-0.05, 0) is 20.8 Å². The summed E-state index contributed by atoms with van der Waals surface area (Å²) in [6, 6.07) is 0.121. The molecule has 0 bridgehead atoms. The number of hydrazone groups is 1. The maximum atomic E-state index is 11.2. The first kappa shape index (κ1) is 9.03. The lowest BCUT2D eigenvalue weighted by Gasteiger charge is -2.14. The summed E-state index contributed by atoms with van der Waals surface area (Å²) < 4.78 is 5.14. The van der Waals surface area contributed by atoms with Gasteiger partial charge in [0.15, 0.2) is 0 Å². The van der Waals surface area contributed by atoms with Crippen LogP contribution in [-0.2, 0) is 9.53 Å². The van der Waals surface area contributed by atoms with Crippen LogP contribution in [0.1, 0.15) is 27.2 Å². The van der Waals surface area contributed by atoms with Crippen molar-refractivity contribution in [2.24, 2.45) is 5.10 Å². The number of rotatable bonds is 2. The molecule has 0 aromatic heterocycles. The molecule has 0 fully saturated rings. The zero-order valence-electron chi connectivity index (χ0n) is 7.70. The molecule has 0 radical (unpaired) electrons. The number of hydrogen-bond donors (Lipinski definition) is 0. The van der Waals surface area contributed by atoms with Gasteiger partial charge in [0, 0.05) is 0 Å². The predicted molar refractivity (Wildman–Crippen MR) is 45.7 cm³/mol. The molecule has 0 atom stereocenters. The predicted octanol–water partition coefficient (Wildman–Crippen LogP) is 0.977. The Kier molecular flexibility index (Phi) is 2.68. The molecule has 0 aliphatic carbocycles. The third-order valence-corrected chi connectivity index (χ3v) is 1.58. The van der Waals surface area contributed by atoms with Crippen molar-refractivity contribution in [3.8, 4) is 0 Å². The molecule has 0 unspecified atom stereocenters. The van der Waals surface area contributed by atoms with Crippen LogP contribution < -0.4 is 0 Å². The molecule has 4 heteroatoms. The first-order valence-corrected chi connectivity index (χ1v) is 4.17. The van der Waals surface area contributed by atoms with Crippen molar-refractivity contribution in [2.75, 3.05) is 6.61 Å². The fourth-order valence-corrected chi connectivity index (χ4v) is 1.07. The maximum absolute atomic E-state index is 11.2. The Labute approximate surface area is 72.2 Å². The first-order chi connectivity index (χ1) is 5.65. The van der Waals surface area contributed by atoms with E-state index in [1.54, 1.807) is 0 Å². The van der Waals surface area contributed by atoms with Crippen LogP contribution in [-0.4, -0.2) is 29.5 Å². The Morgan fingerprint density at radius 2 is 2.33 bits per heavy atom. The van der Waals surface area contributed by atoms with E-state index in [0.29, 0.717) is 18.9 Å². The number of hydrogen-bond acceptors (Lipinski definition) is 3. The second-order valence-electron chi connectivity index (χ2n) is 2.94. The van der Waals surface area contributed by atoms with E-state index in [1.807, 2.05) is 20.8 Å². The average molecular weight is 170 g/mol. The zero-order valence-corrected chi connectivity index (χ0v) is 7.70. The summed E-state index contributed by atoms with van der Waals surface area (Å²) in [5.74, 6) is 0.560. The van der Waals surface area contributed by atoms with Gasteiger partial charge in [-0.1, -0.05) is 0 Å². The molecule has 68 valence electrons. The Hall–Kier alpha value is -1.06. The molecule has 0 spiro atoms. The topological polar surface area (TPSA) is 41.9 Å². The molecule has 0 saturated carbocycles.